The molecule has 5 N–H and O–H groups in total. The molecule has 0 radical (unpaired) electrons. The molecule has 1 heterocycles. The topological polar surface area (TPSA) is 166 Å². The molecule has 0 bridgehead atoms. The highest BCUT2D eigenvalue weighted by Gasteiger charge is 2.51. The van der Waals surface area contributed by atoms with E-state index in [2.05, 4.69) is 0 Å². The third-order valence-electron chi connectivity index (χ3n) is 7.67. The van der Waals surface area contributed by atoms with Crippen LogP contribution in [0.3, 0.4) is 0 Å². The van der Waals surface area contributed by atoms with Crippen molar-refractivity contribution >= 4 is 28.1 Å². The second-order valence-electron chi connectivity index (χ2n) is 10.0. The Hall–Kier alpha value is -3.15. The predicted octanol–water partition coefficient (Wildman–Crippen LogP) is 1.55. The Labute approximate surface area is 212 Å². The monoisotopic (exact) mass is 511 g/mol. The minimum atomic E-state index is -1.94. The fraction of sp³-hybridized carbons (Fsp3) is 0.444. The number of carbonyl (C=O) groups is 3. The van der Waals surface area contributed by atoms with E-state index in [1.807, 2.05) is 0 Å². The number of ketones is 3. The molecular weight excluding hydrogens is 482 g/mol. The smallest absolute Gasteiger partial charge is 0.196 e. The van der Waals surface area contributed by atoms with Gasteiger partial charge in [-0.3, -0.25) is 14.4 Å². The molecule has 3 aliphatic rings. The van der Waals surface area contributed by atoms with Crippen LogP contribution in [0.5, 0.6) is 11.5 Å². The van der Waals surface area contributed by atoms with E-state index < -0.39 is 59.3 Å². The molecule has 10 nitrogen and oxygen atoms in total. The Kier molecular flexibility index (Phi) is 6.20. The van der Waals surface area contributed by atoms with Gasteiger partial charge in [-0.25, -0.2) is 0 Å². The first-order chi connectivity index (χ1) is 17.5. The average molecular weight is 512 g/mol. The number of rotatable bonds is 4. The van der Waals surface area contributed by atoms with Crippen molar-refractivity contribution in [2.75, 3.05) is 7.11 Å². The summed E-state index contributed by atoms with van der Waals surface area (Å²) in [5.41, 5.74) is 3.78. The summed E-state index contributed by atoms with van der Waals surface area (Å²) in [5.74, 6) is -1.86. The Morgan fingerprint density at radius 1 is 1.24 bits per heavy atom. The predicted molar refractivity (Wildman–Crippen MR) is 131 cm³/mol. The van der Waals surface area contributed by atoms with Crippen LogP contribution in [-0.2, 0) is 14.3 Å². The van der Waals surface area contributed by atoms with E-state index in [4.69, 9.17) is 19.9 Å². The van der Waals surface area contributed by atoms with Crippen molar-refractivity contribution in [3.05, 3.63) is 46.5 Å². The van der Waals surface area contributed by atoms with Crippen LogP contribution < -0.4 is 10.5 Å². The second-order valence-corrected chi connectivity index (χ2v) is 10.0. The van der Waals surface area contributed by atoms with Gasteiger partial charge in [0, 0.05) is 42.0 Å². The van der Waals surface area contributed by atoms with Crippen LogP contribution in [-0.4, -0.2) is 76.0 Å². The summed E-state index contributed by atoms with van der Waals surface area (Å²) in [4.78, 5) is 40.1. The summed E-state index contributed by atoms with van der Waals surface area (Å²) in [7, 11) is 1.43. The van der Waals surface area contributed by atoms with Gasteiger partial charge in [0.05, 0.1) is 36.4 Å². The van der Waals surface area contributed by atoms with E-state index in [1.54, 1.807) is 25.1 Å². The molecule has 2 aromatic carbocycles. The van der Waals surface area contributed by atoms with Crippen molar-refractivity contribution in [2.24, 2.45) is 5.73 Å². The van der Waals surface area contributed by atoms with Crippen LogP contribution >= 0.6 is 0 Å². The van der Waals surface area contributed by atoms with Gasteiger partial charge in [-0.1, -0.05) is 12.1 Å². The molecule has 2 aliphatic carbocycles. The van der Waals surface area contributed by atoms with E-state index in [1.165, 1.54) is 20.1 Å². The maximum atomic E-state index is 13.9. The first-order valence-corrected chi connectivity index (χ1v) is 12.1. The summed E-state index contributed by atoms with van der Waals surface area (Å²) >= 11 is 0. The number of benzene rings is 2. The van der Waals surface area contributed by atoms with Crippen LogP contribution in [0.4, 0.5) is 0 Å². The van der Waals surface area contributed by atoms with Gasteiger partial charge in [0.2, 0.25) is 0 Å². The van der Waals surface area contributed by atoms with Crippen LogP contribution in [0.1, 0.15) is 53.8 Å². The minimum Gasteiger partial charge on any atom is -0.506 e. The lowest BCUT2D eigenvalue weighted by atomic mass is 9.69. The number of hydrogen-bond donors (Lipinski definition) is 4. The number of ether oxygens (including phenoxy) is 3. The van der Waals surface area contributed by atoms with Crippen LogP contribution in [0.15, 0.2) is 35.4 Å². The number of hydrogen-bond acceptors (Lipinski definition) is 10. The molecule has 0 aromatic heterocycles. The molecule has 0 unspecified atom stereocenters. The number of nitrogens with two attached hydrogens (primary N) is 1. The number of Topliss-reactive ketones (excluding diaryl/α,β-unsaturated/α-hetero) is 3. The number of methoxy groups -OCH3 is 1. The summed E-state index contributed by atoms with van der Waals surface area (Å²) in [5, 5.41) is 33.3. The van der Waals surface area contributed by atoms with Gasteiger partial charge >= 0.3 is 0 Å². The van der Waals surface area contributed by atoms with Gasteiger partial charge in [-0.15, -0.1) is 0 Å². The number of carbonyl (C=O) groups excluding carboxylic acids is 3. The van der Waals surface area contributed by atoms with Crippen molar-refractivity contribution in [1.29, 1.82) is 0 Å². The maximum Gasteiger partial charge on any atom is 0.196 e. The fourth-order valence-electron chi connectivity index (χ4n) is 5.57. The molecule has 1 fully saturated rings. The lowest BCUT2D eigenvalue weighted by Gasteiger charge is -2.42. The van der Waals surface area contributed by atoms with Gasteiger partial charge in [0.1, 0.15) is 17.1 Å². The Bertz CT molecular complexity index is 1350. The van der Waals surface area contributed by atoms with E-state index in [0.717, 1.165) is 0 Å². The minimum absolute atomic E-state index is 0.0266. The molecule has 0 spiro atoms. The highest BCUT2D eigenvalue weighted by molar-refractivity contribution is 6.30. The molecule has 0 amide bonds. The molecule has 2 aromatic rings. The van der Waals surface area contributed by atoms with Crippen molar-refractivity contribution in [3.8, 4) is 11.5 Å². The zero-order valence-electron chi connectivity index (χ0n) is 20.7. The van der Waals surface area contributed by atoms with E-state index >= 15 is 0 Å². The number of aromatic hydroxyl groups is 1. The molecule has 37 heavy (non-hydrogen) atoms. The van der Waals surface area contributed by atoms with Gasteiger partial charge in [-0.05, 0) is 31.4 Å². The lowest BCUT2D eigenvalue weighted by molar-refractivity contribution is -0.239. The molecule has 6 atom stereocenters. The summed E-state index contributed by atoms with van der Waals surface area (Å²) in [6.45, 7) is 2.84. The SMILES string of the molecule is COc1cccc2cc3c(c(O)c12)C(=O)C1=C(C[C@@](O)(C(C)=O)C[C@@H]1O[C@@H]1C[C@@H](N)[C@@H](O)[C@@H](C)O1)C3=O. The summed E-state index contributed by atoms with van der Waals surface area (Å²) < 4.78 is 17.2. The van der Waals surface area contributed by atoms with Crippen LogP contribution in [0, 0.1) is 0 Å². The number of fused-ring (bicyclic) bond motifs is 2. The number of aliphatic hydroxyl groups excluding tert-OH is 1. The second kappa shape index (κ2) is 9.00. The summed E-state index contributed by atoms with van der Waals surface area (Å²) in [6.07, 6.45) is -4.30. The zero-order chi connectivity index (χ0) is 26.8. The molecule has 10 heteroatoms. The van der Waals surface area contributed by atoms with E-state index in [-0.39, 0.29) is 46.9 Å². The molecule has 1 aliphatic heterocycles. The van der Waals surface area contributed by atoms with Crippen molar-refractivity contribution in [1.82, 2.24) is 0 Å². The van der Waals surface area contributed by atoms with E-state index in [9.17, 15) is 29.7 Å². The maximum absolute atomic E-state index is 13.9. The van der Waals surface area contributed by atoms with Gasteiger partial charge < -0.3 is 35.3 Å². The van der Waals surface area contributed by atoms with Gasteiger partial charge in [0.15, 0.2) is 23.6 Å². The van der Waals surface area contributed by atoms with Crippen molar-refractivity contribution < 1.29 is 43.9 Å². The zero-order valence-corrected chi connectivity index (χ0v) is 20.7. The van der Waals surface area contributed by atoms with Crippen LogP contribution in [0.25, 0.3) is 10.8 Å². The number of phenols is 1. The van der Waals surface area contributed by atoms with Crippen molar-refractivity contribution in [2.45, 2.75) is 69.4 Å². The first-order valence-electron chi connectivity index (χ1n) is 12.1. The van der Waals surface area contributed by atoms with Crippen molar-refractivity contribution in [3.63, 3.8) is 0 Å². The number of aliphatic hydroxyl groups is 2. The molecule has 1 saturated heterocycles. The normalized spacial score (nSPS) is 31.8. The largest absolute Gasteiger partial charge is 0.506 e. The number of phenolic OH excluding ortho intramolecular Hbond substituents is 1. The molecule has 196 valence electrons. The molecule has 0 saturated carbocycles. The highest BCUT2D eigenvalue weighted by Crippen LogP contribution is 2.47. The van der Waals surface area contributed by atoms with Gasteiger partial charge in [0.25, 0.3) is 0 Å². The van der Waals surface area contributed by atoms with Crippen LogP contribution in [0.2, 0.25) is 0 Å². The fourth-order valence-corrected chi connectivity index (χ4v) is 5.57. The Balaban J connectivity index is 1.64. The Morgan fingerprint density at radius 3 is 2.62 bits per heavy atom. The molecule has 5 rings (SSSR count). The lowest BCUT2D eigenvalue weighted by Crippen LogP contribution is -2.54. The third kappa shape index (κ3) is 3.96. The third-order valence-corrected chi connectivity index (χ3v) is 7.67. The quantitative estimate of drug-likeness (QED) is 0.473. The first kappa shape index (κ1) is 25.5. The molecular formula is C27H29NO9. The highest BCUT2D eigenvalue weighted by atomic mass is 16.7. The van der Waals surface area contributed by atoms with Gasteiger partial charge in [-0.2, -0.15) is 0 Å². The average Bonchev–Trinajstić information content (AvgIpc) is 2.84. The summed E-state index contributed by atoms with van der Waals surface area (Å²) in [6, 6.07) is 5.84. The Morgan fingerprint density at radius 2 is 1.97 bits per heavy atom. The standard InChI is InChI=1S/C27H29NO9/c1-11-23(30)16(28)8-19(36-11)37-18-10-27(34,12(2)29)9-15-21(18)26(33)22-14(24(15)31)7-13-5-4-6-17(35-3)20(13)25(22)32/h4-7,11,16,18-19,23,30,32,34H,8-10,28H2,1-3H3/t11-,16-,18+,19-,23+,27+/m1/s1. The van der Waals surface area contributed by atoms with E-state index in [0.29, 0.717) is 11.1 Å².